The van der Waals surface area contributed by atoms with Crippen LogP contribution in [0.3, 0.4) is 0 Å². The topological polar surface area (TPSA) is 29.3 Å². The molecule has 0 aliphatic heterocycles. The van der Waals surface area contributed by atoms with Crippen LogP contribution >= 0.6 is 0 Å². The van der Waals surface area contributed by atoms with Crippen molar-refractivity contribution < 1.29 is 0 Å². The number of rotatable bonds is 3. The first-order chi connectivity index (χ1) is 7.75. The zero-order chi connectivity index (χ0) is 11.4. The average Bonchev–Trinajstić information content (AvgIpc) is 2.30. The fourth-order valence-corrected chi connectivity index (χ4v) is 2.60. The van der Waals surface area contributed by atoms with Crippen molar-refractivity contribution in [3.8, 4) is 0 Å². The molecule has 1 aromatic rings. The lowest BCUT2D eigenvalue weighted by Crippen LogP contribution is -2.40. The number of nitrogens with zero attached hydrogens (tertiary/aromatic N) is 1. The minimum atomic E-state index is 0.414. The van der Waals surface area contributed by atoms with Gasteiger partial charge in [-0.1, -0.05) is 36.8 Å². The van der Waals surface area contributed by atoms with E-state index in [-0.39, 0.29) is 0 Å². The molecule has 2 rings (SSSR count). The third-order valence-corrected chi connectivity index (χ3v) is 3.59. The molecule has 1 fully saturated rings. The molecule has 0 amide bonds. The molecule has 1 saturated carbocycles. The van der Waals surface area contributed by atoms with Crippen molar-refractivity contribution in [1.82, 2.24) is 4.90 Å². The second-order valence-electron chi connectivity index (χ2n) is 4.98. The summed E-state index contributed by atoms with van der Waals surface area (Å²) in [5.41, 5.74) is 7.42. The summed E-state index contributed by atoms with van der Waals surface area (Å²) in [5.74, 6) is 0. The van der Waals surface area contributed by atoms with Gasteiger partial charge in [-0.15, -0.1) is 0 Å². The summed E-state index contributed by atoms with van der Waals surface area (Å²) < 4.78 is 0. The van der Waals surface area contributed by atoms with Gasteiger partial charge in [0.15, 0.2) is 0 Å². The van der Waals surface area contributed by atoms with Crippen LogP contribution in [0.5, 0.6) is 0 Å². The summed E-state index contributed by atoms with van der Waals surface area (Å²) in [6.45, 7) is 1.04. The Bertz CT molecular complexity index is 310. The predicted octanol–water partition coefficient (Wildman–Crippen LogP) is 2.39. The summed E-state index contributed by atoms with van der Waals surface area (Å²) in [6, 6.07) is 11.8. The van der Waals surface area contributed by atoms with Gasteiger partial charge < -0.3 is 5.73 Å². The standard InChI is InChI=1S/C14H22N2/c1-16(11-12-6-3-2-4-7-12)14-9-5-8-13(15)10-14/h2-4,6-7,13-14H,5,8-11,15H2,1H3. The van der Waals surface area contributed by atoms with E-state index in [0.717, 1.165) is 13.0 Å². The third kappa shape index (κ3) is 3.06. The van der Waals surface area contributed by atoms with Gasteiger partial charge in [-0.25, -0.2) is 0 Å². The van der Waals surface area contributed by atoms with Crippen molar-refractivity contribution in [2.45, 2.75) is 44.3 Å². The highest BCUT2D eigenvalue weighted by molar-refractivity contribution is 5.14. The van der Waals surface area contributed by atoms with E-state index >= 15 is 0 Å². The highest BCUT2D eigenvalue weighted by Gasteiger charge is 2.22. The fraction of sp³-hybridized carbons (Fsp3) is 0.571. The van der Waals surface area contributed by atoms with Crippen LogP contribution in [0.2, 0.25) is 0 Å². The van der Waals surface area contributed by atoms with Crippen LogP contribution in [0, 0.1) is 0 Å². The average molecular weight is 218 g/mol. The summed E-state index contributed by atoms with van der Waals surface area (Å²) in [5, 5.41) is 0. The van der Waals surface area contributed by atoms with E-state index in [1.807, 2.05) is 0 Å². The van der Waals surface area contributed by atoms with Crippen LogP contribution in [0.1, 0.15) is 31.2 Å². The lowest BCUT2D eigenvalue weighted by Gasteiger charge is -2.34. The molecule has 2 unspecified atom stereocenters. The van der Waals surface area contributed by atoms with Crippen LogP contribution in [-0.4, -0.2) is 24.0 Å². The maximum absolute atomic E-state index is 6.03. The van der Waals surface area contributed by atoms with Gasteiger partial charge >= 0.3 is 0 Å². The molecule has 2 atom stereocenters. The van der Waals surface area contributed by atoms with Gasteiger partial charge in [0.05, 0.1) is 0 Å². The van der Waals surface area contributed by atoms with Gasteiger partial charge in [-0.3, -0.25) is 4.90 Å². The normalized spacial score (nSPS) is 25.9. The summed E-state index contributed by atoms with van der Waals surface area (Å²) in [7, 11) is 2.22. The SMILES string of the molecule is CN(Cc1ccccc1)C1CCCC(N)C1. The number of hydrogen-bond acceptors (Lipinski definition) is 2. The molecule has 0 spiro atoms. The van der Waals surface area contributed by atoms with Gasteiger partial charge in [0.2, 0.25) is 0 Å². The van der Waals surface area contributed by atoms with E-state index < -0.39 is 0 Å². The zero-order valence-corrected chi connectivity index (χ0v) is 10.1. The van der Waals surface area contributed by atoms with Crippen LogP contribution in [-0.2, 0) is 6.54 Å². The van der Waals surface area contributed by atoms with E-state index in [0.29, 0.717) is 12.1 Å². The maximum atomic E-state index is 6.03. The van der Waals surface area contributed by atoms with Crippen LogP contribution in [0.15, 0.2) is 30.3 Å². The van der Waals surface area contributed by atoms with Gasteiger partial charge in [-0.05, 0) is 31.9 Å². The van der Waals surface area contributed by atoms with Gasteiger partial charge in [0.25, 0.3) is 0 Å². The number of hydrogen-bond donors (Lipinski definition) is 1. The van der Waals surface area contributed by atoms with Crippen molar-refractivity contribution in [3.63, 3.8) is 0 Å². The lowest BCUT2D eigenvalue weighted by atomic mass is 9.90. The van der Waals surface area contributed by atoms with E-state index in [2.05, 4.69) is 42.3 Å². The molecular weight excluding hydrogens is 196 g/mol. The molecule has 88 valence electrons. The Morgan fingerprint density at radius 1 is 1.25 bits per heavy atom. The third-order valence-electron chi connectivity index (χ3n) is 3.59. The Balaban J connectivity index is 1.90. The Labute approximate surface area is 98.4 Å². The molecule has 1 aromatic carbocycles. The fourth-order valence-electron chi connectivity index (χ4n) is 2.60. The second kappa shape index (κ2) is 5.46. The van der Waals surface area contributed by atoms with Gasteiger partial charge in [0, 0.05) is 18.6 Å². The predicted molar refractivity (Wildman–Crippen MR) is 68.1 cm³/mol. The molecule has 1 aliphatic carbocycles. The molecule has 2 N–H and O–H groups in total. The molecule has 2 nitrogen and oxygen atoms in total. The first-order valence-electron chi connectivity index (χ1n) is 6.25. The monoisotopic (exact) mass is 218 g/mol. The molecule has 1 aliphatic rings. The molecular formula is C14H22N2. The Morgan fingerprint density at radius 3 is 2.69 bits per heavy atom. The smallest absolute Gasteiger partial charge is 0.0233 e. The van der Waals surface area contributed by atoms with E-state index in [4.69, 9.17) is 5.73 Å². The minimum absolute atomic E-state index is 0.414. The Kier molecular flexibility index (Phi) is 3.97. The highest BCUT2D eigenvalue weighted by Crippen LogP contribution is 2.22. The Morgan fingerprint density at radius 2 is 2.00 bits per heavy atom. The highest BCUT2D eigenvalue weighted by atomic mass is 15.1. The van der Waals surface area contributed by atoms with Gasteiger partial charge in [0.1, 0.15) is 0 Å². The minimum Gasteiger partial charge on any atom is -0.328 e. The van der Waals surface area contributed by atoms with Crippen molar-refractivity contribution >= 4 is 0 Å². The van der Waals surface area contributed by atoms with Crippen LogP contribution < -0.4 is 5.73 Å². The summed E-state index contributed by atoms with van der Waals surface area (Å²) in [6.07, 6.45) is 4.95. The first kappa shape index (κ1) is 11.6. The largest absolute Gasteiger partial charge is 0.328 e. The molecule has 0 aromatic heterocycles. The zero-order valence-electron chi connectivity index (χ0n) is 10.1. The Hall–Kier alpha value is -0.860. The van der Waals surface area contributed by atoms with Crippen molar-refractivity contribution in [3.05, 3.63) is 35.9 Å². The summed E-state index contributed by atoms with van der Waals surface area (Å²) in [4.78, 5) is 2.45. The molecule has 16 heavy (non-hydrogen) atoms. The first-order valence-corrected chi connectivity index (χ1v) is 6.25. The molecule has 2 heteroatoms. The van der Waals surface area contributed by atoms with Crippen molar-refractivity contribution in [1.29, 1.82) is 0 Å². The number of benzene rings is 1. The van der Waals surface area contributed by atoms with Crippen LogP contribution in [0.25, 0.3) is 0 Å². The maximum Gasteiger partial charge on any atom is 0.0233 e. The molecule has 0 radical (unpaired) electrons. The summed E-state index contributed by atoms with van der Waals surface area (Å²) >= 11 is 0. The molecule has 0 saturated heterocycles. The van der Waals surface area contributed by atoms with E-state index in [1.165, 1.54) is 24.8 Å². The second-order valence-corrected chi connectivity index (χ2v) is 4.98. The molecule has 0 bridgehead atoms. The van der Waals surface area contributed by atoms with Gasteiger partial charge in [-0.2, -0.15) is 0 Å². The van der Waals surface area contributed by atoms with Crippen molar-refractivity contribution in [2.75, 3.05) is 7.05 Å². The van der Waals surface area contributed by atoms with Crippen LogP contribution in [0.4, 0.5) is 0 Å². The lowest BCUT2D eigenvalue weighted by molar-refractivity contribution is 0.173. The van der Waals surface area contributed by atoms with E-state index in [9.17, 15) is 0 Å². The number of nitrogens with two attached hydrogens (primary N) is 1. The van der Waals surface area contributed by atoms with Crippen molar-refractivity contribution in [2.24, 2.45) is 5.73 Å². The quantitative estimate of drug-likeness (QED) is 0.844. The van der Waals surface area contributed by atoms with E-state index in [1.54, 1.807) is 0 Å². The molecule has 0 heterocycles.